The number of amides is 2. The van der Waals surface area contributed by atoms with Crippen molar-refractivity contribution in [3.8, 4) is 0 Å². The smallest absolute Gasteiger partial charge is 0.244 e. The highest BCUT2D eigenvalue weighted by Crippen LogP contribution is 2.28. The van der Waals surface area contributed by atoms with Gasteiger partial charge in [0.15, 0.2) is 0 Å². The zero-order valence-electron chi connectivity index (χ0n) is 8.12. The molecule has 78 valence electrons. The van der Waals surface area contributed by atoms with E-state index in [-0.39, 0.29) is 24.3 Å². The minimum atomic E-state index is -0.647. The maximum absolute atomic E-state index is 11.3. The molecule has 0 spiro atoms. The fourth-order valence-corrected chi connectivity index (χ4v) is 1.99. The number of aliphatic hydroxyl groups is 1. The average Bonchev–Trinajstić information content (AvgIpc) is 2.40. The summed E-state index contributed by atoms with van der Waals surface area (Å²) in [6.45, 7) is 2.90. The van der Waals surface area contributed by atoms with Crippen molar-refractivity contribution < 1.29 is 14.7 Å². The Balaban J connectivity index is 1.94. The second-order valence-corrected chi connectivity index (χ2v) is 4.12. The molecule has 0 saturated carbocycles. The molecule has 2 saturated heterocycles. The van der Waals surface area contributed by atoms with Gasteiger partial charge in [0.2, 0.25) is 11.8 Å². The predicted octanol–water partition coefficient (Wildman–Crippen LogP) is -1.14. The second kappa shape index (κ2) is 3.03. The van der Waals surface area contributed by atoms with Crippen molar-refractivity contribution in [2.45, 2.75) is 31.4 Å². The molecule has 2 heterocycles. The zero-order chi connectivity index (χ0) is 10.3. The van der Waals surface area contributed by atoms with Crippen molar-refractivity contribution in [3.05, 3.63) is 0 Å². The lowest BCUT2D eigenvalue weighted by Crippen LogP contribution is -2.65. The Morgan fingerprint density at radius 1 is 1.57 bits per heavy atom. The van der Waals surface area contributed by atoms with Crippen LogP contribution < -0.4 is 5.32 Å². The summed E-state index contributed by atoms with van der Waals surface area (Å²) in [4.78, 5) is 24.0. The molecule has 2 aliphatic heterocycles. The first-order valence-corrected chi connectivity index (χ1v) is 4.84. The average molecular weight is 198 g/mol. The van der Waals surface area contributed by atoms with E-state index in [9.17, 15) is 14.7 Å². The standard InChI is InChI=1S/C9H14N2O3/c1-2-9(14)4-11(5-9)6-3-7(12)10-8(6)13/h6,14H,2-5H2,1H3,(H,10,12,13). The number of carbonyl (C=O) groups is 2. The number of carbonyl (C=O) groups excluding carboxylic acids is 2. The Bertz CT molecular complexity index is 284. The second-order valence-electron chi connectivity index (χ2n) is 4.12. The number of rotatable bonds is 2. The molecule has 2 aliphatic rings. The number of nitrogens with one attached hydrogen (secondary N) is 1. The molecule has 2 amide bonds. The first kappa shape index (κ1) is 9.61. The van der Waals surface area contributed by atoms with Gasteiger partial charge in [-0.25, -0.2) is 0 Å². The Labute approximate surface area is 82.1 Å². The van der Waals surface area contributed by atoms with Crippen molar-refractivity contribution >= 4 is 11.8 Å². The predicted molar refractivity (Wildman–Crippen MR) is 48.4 cm³/mol. The molecule has 0 radical (unpaired) electrons. The van der Waals surface area contributed by atoms with E-state index >= 15 is 0 Å². The Morgan fingerprint density at radius 3 is 2.64 bits per heavy atom. The van der Waals surface area contributed by atoms with Crippen LogP contribution in [0.15, 0.2) is 0 Å². The first-order chi connectivity index (χ1) is 6.54. The largest absolute Gasteiger partial charge is 0.387 e. The van der Waals surface area contributed by atoms with Gasteiger partial charge in [-0.15, -0.1) is 0 Å². The third-order valence-corrected chi connectivity index (χ3v) is 3.04. The highest BCUT2D eigenvalue weighted by molar-refractivity contribution is 6.05. The van der Waals surface area contributed by atoms with Crippen LogP contribution in [0.2, 0.25) is 0 Å². The molecule has 2 fully saturated rings. The van der Waals surface area contributed by atoms with Crippen LogP contribution in [0.4, 0.5) is 0 Å². The number of β-amino-alcohol motifs (C(OH)–C–C–N with tert-alkyl or cyclic N) is 1. The Morgan fingerprint density at radius 2 is 2.21 bits per heavy atom. The number of hydrogen-bond acceptors (Lipinski definition) is 4. The highest BCUT2D eigenvalue weighted by atomic mass is 16.3. The molecule has 5 nitrogen and oxygen atoms in total. The van der Waals surface area contributed by atoms with Gasteiger partial charge in [-0.05, 0) is 6.42 Å². The van der Waals surface area contributed by atoms with Crippen LogP contribution in [-0.2, 0) is 9.59 Å². The van der Waals surface area contributed by atoms with E-state index in [2.05, 4.69) is 5.32 Å². The van der Waals surface area contributed by atoms with Gasteiger partial charge in [0.25, 0.3) is 0 Å². The fraction of sp³-hybridized carbons (Fsp3) is 0.778. The van der Waals surface area contributed by atoms with Gasteiger partial charge in [0.1, 0.15) is 0 Å². The van der Waals surface area contributed by atoms with Crippen molar-refractivity contribution in [1.82, 2.24) is 10.2 Å². The van der Waals surface area contributed by atoms with Crippen LogP contribution >= 0.6 is 0 Å². The molecule has 0 aromatic heterocycles. The third-order valence-electron chi connectivity index (χ3n) is 3.04. The minimum absolute atomic E-state index is 0.216. The minimum Gasteiger partial charge on any atom is -0.387 e. The maximum Gasteiger partial charge on any atom is 0.244 e. The van der Waals surface area contributed by atoms with Crippen molar-refractivity contribution in [2.75, 3.05) is 13.1 Å². The molecule has 0 aromatic rings. The molecule has 14 heavy (non-hydrogen) atoms. The number of nitrogens with zero attached hydrogens (tertiary/aromatic N) is 1. The molecule has 0 bridgehead atoms. The van der Waals surface area contributed by atoms with Crippen LogP contribution in [0.5, 0.6) is 0 Å². The molecule has 1 atom stereocenters. The highest BCUT2D eigenvalue weighted by Gasteiger charge is 2.47. The first-order valence-electron chi connectivity index (χ1n) is 4.84. The van der Waals surface area contributed by atoms with Crippen molar-refractivity contribution in [1.29, 1.82) is 0 Å². The number of likely N-dealkylation sites (tertiary alicyclic amines) is 1. The number of imide groups is 1. The molecule has 1 unspecified atom stereocenters. The Kier molecular flexibility index (Phi) is 2.08. The fourth-order valence-electron chi connectivity index (χ4n) is 1.99. The summed E-state index contributed by atoms with van der Waals surface area (Å²) in [6.07, 6.45) is 0.921. The van der Waals surface area contributed by atoms with Crippen LogP contribution in [-0.4, -0.2) is 46.6 Å². The number of hydrogen-bond donors (Lipinski definition) is 2. The SMILES string of the molecule is CCC1(O)CN(C2CC(=O)NC2=O)C1. The van der Waals surface area contributed by atoms with Gasteiger partial charge < -0.3 is 5.11 Å². The van der Waals surface area contributed by atoms with E-state index in [0.29, 0.717) is 19.5 Å². The van der Waals surface area contributed by atoms with Crippen LogP contribution in [0.25, 0.3) is 0 Å². The van der Waals surface area contributed by atoms with E-state index in [4.69, 9.17) is 0 Å². The van der Waals surface area contributed by atoms with Gasteiger partial charge in [0.05, 0.1) is 18.1 Å². The van der Waals surface area contributed by atoms with Crippen LogP contribution in [0, 0.1) is 0 Å². The molecule has 5 heteroatoms. The van der Waals surface area contributed by atoms with E-state index in [1.54, 1.807) is 0 Å². The van der Waals surface area contributed by atoms with E-state index in [1.807, 2.05) is 11.8 Å². The monoisotopic (exact) mass is 198 g/mol. The lowest BCUT2D eigenvalue weighted by molar-refractivity contribution is -0.140. The summed E-state index contributed by atoms with van der Waals surface area (Å²) in [7, 11) is 0. The summed E-state index contributed by atoms with van der Waals surface area (Å²) in [5.74, 6) is -0.444. The normalized spacial score (nSPS) is 31.4. The van der Waals surface area contributed by atoms with E-state index in [0.717, 1.165) is 0 Å². The third kappa shape index (κ3) is 1.42. The summed E-state index contributed by atoms with van der Waals surface area (Å²) < 4.78 is 0. The zero-order valence-corrected chi connectivity index (χ0v) is 8.12. The van der Waals surface area contributed by atoms with Crippen LogP contribution in [0.3, 0.4) is 0 Å². The van der Waals surface area contributed by atoms with Crippen molar-refractivity contribution in [3.63, 3.8) is 0 Å². The van der Waals surface area contributed by atoms with Crippen molar-refractivity contribution in [2.24, 2.45) is 0 Å². The Hall–Kier alpha value is -0.940. The molecular formula is C9H14N2O3. The molecule has 0 aromatic carbocycles. The lowest BCUT2D eigenvalue weighted by atomic mass is 9.89. The van der Waals surface area contributed by atoms with Gasteiger partial charge >= 0.3 is 0 Å². The molecule has 0 aliphatic carbocycles. The summed E-state index contributed by atoms with van der Waals surface area (Å²) in [5.41, 5.74) is -0.647. The van der Waals surface area contributed by atoms with Gasteiger partial charge in [-0.1, -0.05) is 6.92 Å². The van der Waals surface area contributed by atoms with Crippen LogP contribution in [0.1, 0.15) is 19.8 Å². The topological polar surface area (TPSA) is 69.6 Å². The van der Waals surface area contributed by atoms with Gasteiger partial charge in [0, 0.05) is 13.1 Å². The molecule has 2 N–H and O–H groups in total. The lowest BCUT2D eigenvalue weighted by Gasteiger charge is -2.48. The quantitative estimate of drug-likeness (QED) is 0.550. The van der Waals surface area contributed by atoms with Gasteiger partial charge in [-0.2, -0.15) is 0 Å². The summed E-state index contributed by atoms with van der Waals surface area (Å²) in [6, 6.07) is -0.352. The summed E-state index contributed by atoms with van der Waals surface area (Å²) in [5, 5.41) is 12.0. The van der Waals surface area contributed by atoms with E-state index < -0.39 is 5.60 Å². The molecule has 2 rings (SSSR count). The summed E-state index contributed by atoms with van der Waals surface area (Å²) >= 11 is 0. The van der Waals surface area contributed by atoms with E-state index in [1.165, 1.54) is 0 Å². The molecular weight excluding hydrogens is 184 g/mol. The van der Waals surface area contributed by atoms with Gasteiger partial charge in [-0.3, -0.25) is 19.8 Å². The maximum atomic E-state index is 11.3.